The molecule has 1 aliphatic heterocycles. The number of hydrogen-bond acceptors (Lipinski definition) is 5. The van der Waals surface area contributed by atoms with Gasteiger partial charge >= 0.3 is 5.97 Å². The van der Waals surface area contributed by atoms with Gasteiger partial charge in [0.1, 0.15) is 17.7 Å². The molecule has 1 fully saturated rings. The molecule has 3 rings (SSSR count). The Bertz CT molecular complexity index is 874. The van der Waals surface area contributed by atoms with Crippen molar-refractivity contribution in [2.75, 3.05) is 25.5 Å². The number of aliphatic carboxylic acids is 1. The van der Waals surface area contributed by atoms with Crippen molar-refractivity contribution in [1.29, 1.82) is 5.41 Å². The van der Waals surface area contributed by atoms with E-state index in [1.165, 1.54) is 0 Å². The van der Waals surface area contributed by atoms with Gasteiger partial charge in [-0.25, -0.2) is 4.79 Å². The predicted molar refractivity (Wildman–Crippen MR) is 114 cm³/mol. The number of amidine groups is 1. The van der Waals surface area contributed by atoms with Gasteiger partial charge in [-0.05, 0) is 74.3 Å². The molecular weight excluding hydrogens is 368 g/mol. The van der Waals surface area contributed by atoms with Crippen LogP contribution in [0, 0.1) is 12.3 Å². The van der Waals surface area contributed by atoms with Gasteiger partial charge in [-0.3, -0.25) is 5.41 Å². The summed E-state index contributed by atoms with van der Waals surface area (Å²) in [5, 5.41) is 20.3. The van der Waals surface area contributed by atoms with Crippen molar-refractivity contribution in [2.24, 2.45) is 5.73 Å². The number of benzene rings is 2. The number of nitrogens with one attached hydrogen (secondary N) is 2. The quantitative estimate of drug-likeness (QED) is 0.423. The monoisotopic (exact) mass is 396 g/mol. The van der Waals surface area contributed by atoms with E-state index in [4.69, 9.17) is 15.9 Å². The molecular formula is C22H28N4O3. The summed E-state index contributed by atoms with van der Waals surface area (Å²) in [6, 6.07) is 11.5. The van der Waals surface area contributed by atoms with Crippen molar-refractivity contribution < 1.29 is 14.6 Å². The fourth-order valence-electron chi connectivity index (χ4n) is 3.51. The van der Waals surface area contributed by atoms with Crippen LogP contribution in [0.3, 0.4) is 0 Å². The second-order valence-electron chi connectivity index (χ2n) is 7.61. The van der Waals surface area contributed by atoms with E-state index in [-0.39, 0.29) is 11.9 Å². The Morgan fingerprint density at radius 1 is 1.24 bits per heavy atom. The topological polar surface area (TPSA) is 112 Å². The molecule has 154 valence electrons. The van der Waals surface area contributed by atoms with E-state index in [0.29, 0.717) is 22.6 Å². The maximum atomic E-state index is 12.0. The first-order valence-corrected chi connectivity index (χ1v) is 9.72. The highest BCUT2D eigenvalue weighted by molar-refractivity contribution is 5.95. The number of rotatable bonds is 7. The first-order chi connectivity index (χ1) is 13.8. The molecule has 7 heteroatoms. The van der Waals surface area contributed by atoms with Gasteiger partial charge in [-0.15, -0.1) is 0 Å². The number of ether oxygens (including phenoxy) is 1. The van der Waals surface area contributed by atoms with Crippen molar-refractivity contribution >= 4 is 17.5 Å². The Morgan fingerprint density at radius 3 is 2.48 bits per heavy atom. The average molecular weight is 396 g/mol. The smallest absolute Gasteiger partial charge is 0.330 e. The van der Waals surface area contributed by atoms with Crippen LogP contribution in [0.25, 0.3) is 0 Å². The Morgan fingerprint density at radius 2 is 1.90 bits per heavy atom. The molecule has 2 aromatic carbocycles. The number of nitrogens with two attached hydrogens (primary N) is 1. The first kappa shape index (κ1) is 20.7. The van der Waals surface area contributed by atoms with E-state index in [1.807, 2.05) is 19.1 Å². The highest BCUT2D eigenvalue weighted by Crippen LogP contribution is 2.27. The highest BCUT2D eigenvalue weighted by atomic mass is 16.5. The van der Waals surface area contributed by atoms with E-state index >= 15 is 0 Å². The van der Waals surface area contributed by atoms with Gasteiger partial charge in [0.05, 0.1) is 0 Å². The highest BCUT2D eigenvalue weighted by Gasteiger charge is 2.23. The molecule has 7 nitrogen and oxygen atoms in total. The van der Waals surface area contributed by atoms with Crippen LogP contribution in [0.15, 0.2) is 42.5 Å². The van der Waals surface area contributed by atoms with E-state index in [9.17, 15) is 9.90 Å². The van der Waals surface area contributed by atoms with Crippen LogP contribution in [0.2, 0.25) is 0 Å². The van der Waals surface area contributed by atoms with Crippen LogP contribution >= 0.6 is 0 Å². The third-order valence-corrected chi connectivity index (χ3v) is 5.13. The summed E-state index contributed by atoms with van der Waals surface area (Å²) in [6.07, 6.45) is 2.07. The lowest BCUT2D eigenvalue weighted by molar-refractivity contribution is -0.138. The van der Waals surface area contributed by atoms with Crippen molar-refractivity contribution in [1.82, 2.24) is 4.90 Å². The standard InChI is InChI=1S/C22H28N4O3/c1-14-11-16(13-19(12-14)29-18-7-9-26(2)10-8-18)20(22(27)28)25-17-5-3-15(4-6-17)21(23)24/h3-6,11-13,18,20,25H,7-10H2,1-2H3,(H3,23,24)(H,27,28). The number of likely N-dealkylation sites (tertiary alicyclic amines) is 1. The minimum absolute atomic E-state index is 0.0271. The molecule has 0 saturated carbocycles. The Balaban J connectivity index is 1.78. The van der Waals surface area contributed by atoms with E-state index < -0.39 is 12.0 Å². The lowest BCUT2D eigenvalue weighted by Crippen LogP contribution is -2.35. The molecule has 0 aliphatic carbocycles. The largest absolute Gasteiger partial charge is 0.490 e. The van der Waals surface area contributed by atoms with Crippen LogP contribution in [-0.2, 0) is 4.79 Å². The molecule has 1 heterocycles. The molecule has 1 saturated heterocycles. The second-order valence-corrected chi connectivity index (χ2v) is 7.61. The van der Waals surface area contributed by atoms with Crippen molar-refractivity contribution in [3.05, 3.63) is 59.2 Å². The summed E-state index contributed by atoms with van der Waals surface area (Å²) < 4.78 is 6.16. The minimum atomic E-state index is -0.975. The van der Waals surface area contributed by atoms with Gasteiger partial charge < -0.3 is 25.8 Å². The number of anilines is 1. The Labute approximate surface area is 171 Å². The van der Waals surface area contributed by atoms with Gasteiger partial charge in [0.25, 0.3) is 0 Å². The van der Waals surface area contributed by atoms with Crippen LogP contribution in [-0.4, -0.2) is 48.1 Å². The lowest BCUT2D eigenvalue weighted by Gasteiger charge is -2.29. The van der Waals surface area contributed by atoms with Crippen molar-refractivity contribution in [3.63, 3.8) is 0 Å². The Kier molecular flexibility index (Phi) is 6.39. The third-order valence-electron chi connectivity index (χ3n) is 5.13. The molecule has 1 atom stereocenters. The van der Waals surface area contributed by atoms with Crippen LogP contribution in [0.1, 0.15) is 35.6 Å². The first-order valence-electron chi connectivity index (χ1n) is 9.72. The van der Waals surface area contributed by atoms with Crippen molar-refractivity contribution in [2.45, 2.75) is 31.9 Å². The zero-order valence-electron chi connectivity index (χ0n) is 16.8. The predicted octanol–water partition coefficient (Wildman–Crippen LogP) is 2.99. The summed E-state index contributed by atoms with van der Waals surface area (Å²) in [5.74, 6) is -0.299. The summed E-state index contributed by atoms with van der Waals surface area (Å²) in [4.78, 5) is 14.2. The number of hydrogen-bond donors (Lipinski definition) is 4. The summed E-state index contributed by atoms with van der Waals surface area (Å²) in [5.41, 5.74) is 8.29. The number of nitrogens with zero attached hydrogens (tertiary/aromatic N) is 1. The van der Waals surface area contributed by atoms with Gasteiger partial charge in [0, 0.05) is 24.3 Å². The molecule has 29 heavy (non-hydrogen) atoms. The fourth-order valence-corrected chi connectivity index (χ4v) is 3.51. The third kappa shape index (κ3) is 5.48. The zero-order valence-corrected chi connectivity index (χ0v) is 16.8. The van der Waals surface area contributed by atoms with Gasteiger partial charge in [-0.2, -0.15) is 0 Å². The van der Waals surface area contributed by atoms with E-state index in [2.05, 4.69) is 17.3 Å². The normalized spacial score (nSPS) is 16.2. The molecule has 0 bridgehead atoms. The van der Waals surface area contributed by atoms with Crippen LogP contribution in [0.5, 0.6) is 5.75 Å². The number of aryl methyl sites for hydroxylation is 1. The number of carbonyl (C=O) groups is 1. The summed E-state index contributed by atoms with van der Waals surface area (Å²) >= 11 is 0. The molecule has 0 radical (unpaired) electrons. The van der Waals surface area contributed by atoms with Crippen LogP contribution in [0.4, 0.5) is 5.69 Å². The fraction of sp³-hybridized carbons (Fsp3) is 0.364. The number of carboxylic acids is 1. The minimum Gasteiger partial charge on any atom is -0.490 e. The van der Waals surface area contributed by atoms with Gasteiger partial charge in [0.2, 0.25) is 0 Å². The van der Waals surface area contributed by atoms with Gasteiger partial charge in [0.15, 0.2) is 6.04 Å². The zero-order chi connectivity index (χ0) is 21.0. The average Bonchev–Trinajstić information content (AvgIpc) is 2.67. The van der Waals surface area contributed by atoms with E-state index in [1.54, 1.807) is 30.3 Å². The molecule has 0 amide bonds. The molecule has 1 aliphatic rings. The molecule has 0 aromatic heterocycles. The summed E-state index contributed by atoms with van der Waals surface area (Å²) in [6.45, 7) is 3.93. The maximum absolute atomic E-state index is 12.0. The molecule has 1 unspecified atom stereocenters. The summed E-state index contributed by atoms with van der Waals surface area (Å²) in [7, 11) is 2.10. The SMILES string of the molecule is Cc1cc(OC2CCN(C)CC2)cc(C(Nc2ccc(C(=N)N)cc2)C(=O)O)c1. The maximum Gasteiger partial charge on any atom is 0.330 e. The second kappa shape index (κ2) is 8.96. The Hall–Kier alpha value is -3.06. The van der Waals surface area contributed by atoms with Gasteiger partial charge in [-0.1, -0.05) is 6.07 Å². The lowest BCUT2D eigenvalue weighted by atomic mass is 10.0. The molecule has 5 N–H and O–H groups in total. The molecule has 0 spiro atoms. The van der Waals surface area contributed by atoms with Crippen LogP contribution < -0.4 is 15.8 Å². The van der Waals surface area contributed by atoms with E-state index in [0.717, 1.165) is 31.5 Å². The number of nitrogen functional groups attached to an aromatic ring is 1. The molecule has 2 aromatic rings. The number of piperidine rings is 1. The van der Waals surface area contributed by atoms with Crippen molar-refractivity contribution in [3.8, 4) is 5.75 Å². The number of carboxylic acid groups (broad SMARTS) is 1.